The van der Waals surface area contributed by atoms with Gasteiger partial charge in [-0.1, -0.05) is 12.2 Å². The van der Waals surface area contributed by atoms with Gasteiger partial charge in [-0.25, -0.2) is 9.97 Å². The number of thiazole rings is 1. The smallest absolute Gasteiger partial charge is 0.141 e. The summed E-state index contributed by atoms with van der Waals surface area (Å²) >= 11 is 6.76. The van der Waals surface area contributed by atoms with Crippen LogP contribution >= 0.6 is 23.6 Å². The van der Waals surface area contributed by atoms with Gasteiger partial charge in [0.1, 0.15) is 10.8 Å². The lowest BCUT2D eigenvalue weighted by Gasteiger charge is -2.13. The van der Waals surface area contributed by atoms with Crippen LogP contribution in [-0.2, 0) is 0 Å². The number of pyridine rings is 1. The van der Waals surface area contributed by atoms with Gasteiger partial charge >= 0.3 is 0 Å². The van der Waals surface area contributed by atoms with E-state index in [1.807, 2.05) is 37.6 Å². The second-order valence-electron chi connectivity index (χ2n) is 4.83. The molecule has 1 aromatic carbocycles. The standard InChI is InChI=1S/C15H14N4S2/c1-8-5-9(2)18-15(13(8)14(16)20)19-10-3-4-11-12(6-10)21-7-17-11/h3-7H,1-2H3,(H2,16,20)(H,18,19). The molecule has 0 saturated carbocycles. The molecule has 0 spiro atoms. The zero-order valence-electron chi connectivity index (χ0n) is 11.7. The molecule has 2 heterocycles. The lowest BCUT2D eigenvalue weighted by atomic mass is 10.1. The van der Waals surface area contributed by atoms with Crippen molar-refractivity contribution in [2.75, 3.05) is 5.32 Å². The van der Waals surface area contributed by atoms with Crippen molar-refractivity contribution in [3.8, 4) is 0 Å². The first-order chi connectivity index (χ1) is 10.0. The number of aryl methyl sites for hydroxylation is 2. The van der Waals surface area contributed by atoms with Crippen LogP contribution in [0.15, 0.2) is 29.8 Å². The molecule has 0 fully saturated rings. The largest absolute Gasteiger partial charge is 0.389 e. The van der Waals surface area contributed by atoms with Crippen molar-refractivity contribution in [3.05, 3.63) is 46.6 Å². The minimum Gasteiger partial charge on any atom is -0.389 e. The van der Waals surface area contributed by atoms with Crippen molar-refractivity contribution in [2.45, 2.75) is 13.8 Å². The van der Waals surface area contributed by atoms with Gasteiger partial charge in [0.05, 0.1) is 21.3 Å². The minimum atomic E-state index is 0.348. The number of aromatic nitrogens is 2. The number of fused-ring (bicyclic) bond motifs is 1. The molecule has 106 valence electrons. The molecule has 0 aliphatic heterocycles. The number of nitrogens with zero attached hydrogens (tertiary/aromatic N) is 2. The molecule has 6 heteroatoms. The van der Waals surface area contributed by atoms with Crippen LogP contribution in [0.2, 0.25) is 0 Å². The van der Waals surface area contributed by atoms with Crippen molar-refractivity contribution in [3.63, 3.8) is 0 Å². The van der Waals surface area contributed by atoms with E-state index in [0.29, 0.717) is 10.8 Å². The van der Waals surface area contributed by atoms with Crippen molar-refractivity contribution >= 4 is 50.3 Å². The molecule has 21 heavy (non-hydrogen) atoms. The Kier molecular flexibility index (Phi) is 3.57. The molecule has 2 aromatic heterocycles. The number of anilines is 2. The zero-order chi connectivity index (χ0) is 15.0. The fourth-order valence-corrected chi connectivity index (χ4v) is 3.28. The fourth-order valence-electron chi connectivity index (χ4n) is 2.31. The van der Waals surface area contributed by atoms with Crippen LogP contribution in [0.25, 0.3) is 10.2 Å². The van der Waals surface area contributed by atoms with Crippen LogP contribution < -0.4 is 11.1 Å². The second-order valence-corrected chi connectivity index (χ2v) is 6.15. The molecule has 0 amide bonds. The second kappa shape index (κ2) is 5.38. The van der Waals surface area contributed by atoms with Gasteiger partial charge in [0.25, 0.3) is 0 Å². The fraction of sp³-hybridized carbons (Fsp3) is 0.133. The third kappa shape index (κ3) is 2.72. The maximum atomic E-state index is 5.84. The summed E-state index contributed by atoms with van der Waals surface area (Å²) in [5.74, 6) is 0.698. The first-order valence-corrected chi connectivity index (χ1v) is 7.71. The molecule has 0 unspecified atom stereocenters. The highest BCUT2D eigenvalue weighted by Gasteiger charge is 2.12. The SMILES string of the molecule is Cc1cc(C)c(C(N)=S)c(Nc2ccc3ncsc3c2)n1. The Morgan fingerprint density at radius 1 is 1.29 bits per heavy atom. The summed E-state index contributed by atoms with van der Waals surface area (Å²) in [7, 11) is 0. The molecular weight excluding hydrogens is 300 g/mol. The van der Waals surface area contributed by atoms with Gasteiger partial charge in [0.2, 0.25) is 0 Å². The number of nitrogens with two attached hydrogens (primary N) is 1. The Morgan fingerprint density at radius 3 is 2.86 bits per heavy atom. The average molecular weight is 314 g/mol. The summed E-state index contributed by atoms with van der Waals surface area (Å²) in [6, 6.07) is 7.99. The van der Waals surface area contributed by atoms with E-state index in [9.17, 15) is 0 Å². The molecule has 0 radical (unpaired) electrons. The number of hydrogen-bond donors (Lipinski definition) is 2. The maximum Gasteiger partial charge on any atom is 0.141 e. The Labute approximate surface area is 132 Å². The van der Waals surface area contributed by atoms with Gasteiger partial charge in [0, 0.05) is 11.4 Å². The van der Waals surface area contributed by atoms with Crippen LogP contribution in [-0.4, -0.2) is 15.0 Å². The van der Waals surface area contributed by atoms with E-state index in [0.717, 1.165) is 32.7 Å². The van der Waals surface area contributed by atoms with Gasteiger partial charge in [-0.2, -0.15) is 0 Å². The lowest BCUT2D eigenvalue weighted by Crippen LogP contribution is -2.15. The first kappa shape index (κ1) is 13.9. The van der Waals surface area contributed by atoms with Gasteiger partial charge in [-0.3, -0.25) is 0 Å². The predicted molar refractivity (Wildman–Crippen MR) is 92.5 cm³/mol. The number of rotatable bonds is 3. The number of benzene rings is 1. The summed E-state index contributed by atoms with van der Waals surface area (Å²) in [5, 5.41) is 3.32. The molecular formula is C15H14N4S2. The quantitative estimate of drug-likeness (QED) is 0.722. The summed E-state index contributed by atoms with van der Waals surface area (Å²) in [6.07, 6.45) is 0. The number of hydrogen-bond acceptors (Lipinski definition) is 5. The topological polar surface area (TPSA) is 63.8 Å². The highest BCUT2D eigenvalue weighted by atomic mass is 32.1. The van der Waals surface area contributed by atoms with E-state index in [-0.39, 0.29) is 0 Å². The Balaban J connectivity index is 2.06. The van der Waals surface area contributed by atoms with E-state index < -0.39 is 0 Å². The average Bonchev–Trinajstić information content (AvgIpc) is 2.84. The highest BCUT2D eigenvalue weighted by molar-refractivity contribution is 7.80. The molecule has 3 N–H and O–H groups in total. The van der Waals surface area contributed by atoms with Gasteiger partial charge in [-0.05, 0) is 43.7 Å². The van der Waals surface area contributed by atoms with Crippen molar-refractivity contribution in [1.29, 1.82) is 0 Å². The third-order valence-corrected chi connectivity index (χ3v) is 4.18. The summed E-state index contributed by atoms with van der Waals surface area (Å²) in [6.45, 7) is 3.94. The van der Waals surface area contributed by atoms with Gasteiger partial charge < -0.3 is 11.1 Å². The predicted octanol–water partition coefficient (Wildman–Crippen LogP) is 3.69. The molecule has 0 bridgehead atoms. The van der Waals surface area contributed by atoms with Gasteiger partial charge in [0.15, 0.2) is 0 Å². The van der Waals surface area contributed by atoms with Crippen LogP contribution in [0.5, 0.6) is 0 Å². The Bertz CT molecular complexity index is 839. The molecule has 4 nitrogen and oxygen atoms in total. The van der Waals surface area contributed by atoms with Crippen LogP contribution in [0.1, 0.15) is 16.8 Å². The first-order valence-electron chi connectivity index (χ1n) is 6.43. The molecule has 0 saturated heterocycles. The Hall–Kier alpha value is -2.05. The number of thiocarbonyl (C=S) groups is 1. The van der Waals surface area contributed by atoms with E-state index in [2.05, 4.69) is 21.4 Å². The molecule has 3 rings (SSSR count). The molecule has 0 aliphatic carbocycles. The summed E-state index contributed by atoms with van der Waals surface area (Å²) < 4.78 is 1.13. The van der Waals surface area contributed by atoms with E-state index in [1.54, 1.807) is 11.3 Å². The summed E-state index contributed by atoms with van der Waals surface area (Å²) in [4.78, 5) is 9.15. The molecule has 0 aliphatic rings. The summed E-state index contributed by atoms with van der Waals surface area (Å²) in [5.41, 5.74) is 12.4. The van der Waals surface area contributed by atoms with Crippen LogP contribution in [0.4, 0.5) is 11.5 Å². The van der Waals surface area contributed by atoms with Crippen molar-refractivity contribution < 1.29 is 0 Å². The van der Waals surface area contributed by atoms with E-state index in [4.69, 9.17) is 18.0 Å². The van der Waals surface area contributed by atoms with Crippen LogP contribution in [0, 0.1) is 13.8 Å². The van der Waals surface area contributed by atoms with Crippen LogP contribution in [0.3, 0.4) is 0 Å². The zero-order valence-corrected chi connectivity index (χ0v) is 13.3. The molecule has 3 aromatic rings. The molecule has 0 atom stereocenters. The maximum absolute atomic E-state index is 5.84. The monoisotopic (exact) mass is 314 g/mol. The highest BCUT2D eigenvalue weighted by Crippen LogP contribution is 2.26. The van der Waals surface area contributed by atoms with Gasteiger partial charge in [-0.15, -0.1) is 11.3 Å². The van der Waals surface area contributed by atoms with Crippen molar-refractivity contribution in [2.24, 2.45) is 5.73 Å². The van der Waals surface area contributed by atoms with Crippen molar-refractivity contribution in [1.82, 2.24) is 9.97 Å². The lowest BCUT2D eigenvalue weighted by molar-refractivity contribution is 1.17. The van der Waals surface area contributed by atoms with E-state index in [1.165, 1.54) is 0 Å². The Morgan fingerprint density at radius 2 is 2.10 bits per heavy atom. The van der Waals surface area contributed by atoms with E-state index >= 15 is 0 Å². The third-order valence-electron chi connectivity index (χ3n) is 3.19. The minimum absolute atomic E-state index is 0.348. The normalized spacial score (nSPS) is 10.8. The number of nitrogens with one attached hydrogen (secondary N) is 1.